The highest BCUT2D eigenvalue weighted by molar-refractivity contribution is 6.31. The minimum Gasteiger partial charge on any atom is -0.489 e. The minimum atomic E-state index is -0.197. The van der Waals surface area contributed by atoms with Crippen LogP contribution in [0.15, 0.2) is 42.5 Å². The molecule has 1 atom stereocenters. The molecule has 2 aromatic rings. The van der Waals surface area contributed by atoms with Crippen LogP contribution in [0.1, 0.15) is 12.8 Å². The molecule has 3 rings (SSSR count). The van der Waals surface area contributed by atoms with Crippen LogP contribution in [0.2, 0.25) is 10.0 Å². The highest BCUT2D eigenvalue weighted by Crippen LogP contribution is 2.28. The lowest BCUT2D eigenvalue weighted by Crippen LogP contribution is -2.22. The summed E-state index contributed by atoms with van der Waals surface area (Å²) in [4.78, 5) is 12.1. The molecule has 26 heavy (non-hydrogen) atoms. The smallest absolute Gasteiger partial charge is 0.243 e. The first kappa shape index (κ1) is 18.8. The number of amides is 1. The zero-order chi connectivity index (χ0) is 18.4. The van der Waals surface area contributed by atoms with E-state index in [1.165, 1.54) is 0 Å². The van der Waals surface area contributed by atoms with Crippen molar-refractivity contribution in [3.63, 3.8) is 0 Å². The molecule has 138 valence electrons. The third-order valence-electron chi connectivity index (χ3n) is 3.94. The molecule has 1 unspecified atom stereocenters. The van der Waals surface area contributed by atoms with E-state index < -0.39 is 0 Å². The van der Waals surface area contributed by atoms with Gasteiger partial charge in [0.2, 0.25) is 5.91 Å². The molecule has 5 nitrogen and oxygen atoms in total. The van der Waals surface area contributed by atoms with E-state index in [1.807, 2.05) is 0 Å². The molecule has 0 bridgehead atoms. The second-order valence-corrected chi connectivity index (χ2v) is 6.87. The van der Waals surface area contributed by atoms with Gasteiger partial charge in [0.05, 0.1) is 18.3 Å². The molecule has 7 heteroatoms. The van der Waals surface area contributed by atoms with Crippen LogP contribution in [0.4, 0.5) is 11.4 Å². The van der Waals surface area contributed by atoms with E-state index in [1.54, 1.807) is 42.5 Å². The summed E-state index contributed by atoms with van der Waals surface area (Å²) >= 11 is 12.0. The largest absolute Gasteiger partial charge is 0.489 e. The molecule has 1 fully saturated rings. The van der Waals surface area contributed by atoms with Gasteiger partial charge in [-0.25, -0.2) is 0 Å². The maximum Gasteiger partial charge on any atom is 0.243 e. The Morgan fingerprint density at radius 1 is 1.19 bits per heavy atom. The maximum atomic E-state index is 12.1. The molecule has 1 heterocycles. The van der Waals surface area contributed by atoms with Gasteiger partial charge in [-0.05, 0) is 49.2 Å². The van der Waals surface area contributed by atoms with E-state index in [0.717, 1.165) is 19.4 Å². The second kappa shape index (κ2) is 9.12. The summed E-state index contributed by atoms with van der Waals surface area (Å²) in [6.07, 6.45) is 2.17. The normalized spacial score (nSPS) is 16.3. The molecule has 1 aliphatic rings. The Labute approximate surface area is 162 Å². The zero-order valence-electron chi connectivity index (χ0n) is 14.1. The Morgan fingerprint density at radius 2 is 2.04 bits per heavy atom. The SMILES string of the molecule is O=C(CNc1cc(Cl)ccc1OCC1CCCO1)Nc1cccc(Cl)c1. The molecule has 2 N–H and O–H groups in total. The van der Waals surface area contributed by atoms with Crippen molar-refractivity contribution in [3.8, 4) is 5.75 Å². The lowest BCUT2D eigenvalue weighted by Gasteiger charge is -2.16. The first-order valence-corrected chi connectivity index (χ1v) is 9.19. The van der Waals surface area contributed by atoms with Crippen molar-refractivity contribution in [2.24, 2.45) is 0 Å². The van der Waals surface area contributed by atoms with Crippen molar-refractivity contribution in [2.75, 3.05) is 30.4 Å². The predicted molar refractivity (Wildman–Crippen MR) is 104 cm³/mol. The van der Waals surface area contributed by atoms with E-state index in [9.17, 15) is 4.79 Å². The molecule has 0 aromatic heterocycles. The Balaban J connectivity index is 1.57. The fourth-order valence-corrected chi connectivity index (χ4v) is 3.03. The number of carbonyl (C=O) groups excluding carboxylic acids is 1. The Morgan fingerprint density at radius 3 is 2.81 bits per heavy atom. The van der Waals surface area contributed by atoms with Gasteiger partial charge in [-0.1, -0.05) is 29.3 Å². The Bertz CT molecular complexity index is 764. The Kier molecular flexibility index (Phi) is 6.61. The van der Waals surface area contributed by atoms with E-state index in [4.69, 9.17) is 32.7 Å². The summed E-state index contributed by atoms with van der Waals surface area (Å²) in [7, 11) is 0. The lowest BCUT2D eigenvalue weighted by molar-refractivity contribution is -0.114. The van der Waals surface area contributed by atoms with Gasteiger partial charge >= 0.3 is 0 Å². The summed E-state index contributed by atoms with van der Waals surface area (Å²) in [5.41, 5.74) is 1.31. The average Bonchev–Trinajstić information content (AvgIpc) is 3.12. The third-order valence-corrected chi connectivity index (χ3v) is 4.41. The van der Waals surface area contributed by atoms with Crippen molar-refractivity contribution in [2.45, 2.75) is 18.9 Å². The van der Waals surface area contributed by atoms with E-state index >= 15 is 0 Å². The fourth-order valence-electron chi connectivity index (χ4n) is 2.67. The monoisotopic (exact) mass is 394 g/mol. The third kappa shape index (κ3) is 5.53. The van der Waals surface area contributed by atoms with Crippen molar-refractivity contribution in [1.82, 2.24) is 0 Å². The highest BCUT2D eigenvalue weighted by atomic mass is 35.5. The summed E-state index contributed by atoms with van der Waals surface area (Å²) in [6.45, 7) is 1.33. The van der Waals surface area contributed by atoms with Crippen LogP contribution < -0.4 is 15.4 Å². The summed E-state index contributed by atoms with van der Waals surface area (Å²) in [6, 6.07) is 12.3. The van der Waals surface area contributed by atoms with E-state index in [2.05, 4.69) is 10.6 Å². The first-order valence-electron chi connectivity index (χ1n) is 8.43. The second-order valence-electron chi connectivity index (χ2n) is 6.00. The number of halogens is 2. The molecular weight excluding hydrogens is 375 g/mol. The maximum absolute atomic E-state index is 12.1. The van der Waals surface area contributed by atoms with E-state index in [-0.39, 0.29) is 18.6 Å². The van der Waals surface area contributed by atoms with Crippen LogP contribution in [-0.2, 0) is 9.53 Å². The van der Waals surface area contributed by atoms with Crippen molar-refractivity contribution < 1.29 is 14.3 Å². The number of benzene rings is 2. The zero-order valence-corrected chi connectivity index (χ0v) is 15.6. The lowest BCUT2D eigenvalue weighted by atomic mass is 10.2. The summed E-state index contributed by atoms with van der Waals surface area (Å²) in [5.74, 6) is 0.442. The molecule has 0 saturated carbocycles. The summed E-state index contributed by atoms with van der Waals surface area (Å²) < 4.78 is 11.4. The van der Waals surface area contributed by atoms with Crippen LogP contribution in [0.5, 0.6) is 5.75 Å². The number of ether oxygens (including phenoxy) is 2. The number of carbonyl (C=O) groups is 1. The quantitative estimate of drug-likeness (QED) is 0.719. The van der Waals surface area contributed by atoms with Gasteiger partial charge in [0.25, 0.3) is 0 Å². The van der Waals surface area contributed by atoms with Crippen LogP contribution >= 0.6 is 23.2 Å². The van der Waals surface area contributed by atoms with Crippen LogP contribution in [0, 0.1) is 0 Å². The molecule has 1 amide bonds. The van der Waals surface area contributed by atoms with Gasteiger partial charge in [0.15, 0.2) is 0 Å². The van der Waals surface area contributed by atoms with Crippen molar-refractivity contribution in [1.29, 1.82) is 0 Å². The molecular formula is C19H20Cl2N2O3. The molecule has 0 radical (unpaired) electrons. The van der Waals surface area contributed by atoms with E-state index in [0.29, 0.717) is 33.8 Å². The van der Waals surface area contributed by atoms with Gasteiger partial charge in [0.1, 0.15) is 12.4 Å². The van der Waals surface area contributed by atoms with Crippen molar-refractivity contribution in [3.05, 3.63) is 52.5 Å². The number of rotatable bonds is 7. The molecule has 0 aliphatic carbocycles. The van der Waals surface area contributed by atoms with Crippen molar-refractivity contribution >= 4 is 40.5 Å². The van der Waals surface area contributed by atoms with Crippen LogP contribution in [0.3, 0.4) is 0 Å². The molecule has 1 saturated heterocycles. The first-order chi connectivity index (χ1) is 12.6. The molecule has 1 aliphatic heterocycles. The number of anilines is 2. The van der Waals surface area contributed by atoms with Crippen LogP contribution in [0.25, 0.3) is 0 Å². The number of hydrogen-bond donors (Lipinski definition) is 2. The van der Waals surface area contributed by atoms with Gasteiger partial charge in [0, 0.05) is 22.3 Å². The molecule has 2 aromatic carbocycles. The van der Waals surface area contributed by atoms with Gasteiger partial charge < -0.3 is 20.1 Å². The Hall–Kier alpha value is -1.95. The van der Waals surface area contributed by atoms with Gasteiger partial charge in [-0.15, -0.1) is 0 Å². The molecule has 0 spiro atoms. The summed E-state index contributed by atoms with van der Waals surface area (Å²) in [5, 5.41) is 6.98. The average molecular weight is 395 g/mol. The predicted octanol–water partition coefficient (Wildman–Crippen LogP) is 4.60. The van der Waals surface area contributed by atoms with Crippen LogP contribution in [-0.4, -0.2) is 31.8 Å². The minimum absolute atomic E-state index is 0.0726. The fraction of sp³-hybridized carbons (Fsp3) is 0.316. The van der Waals surface area contributed by atoms with Gasteiger partial charge in [-0.3, -0.25) is 4.79 Å². The van der Waals surface area contributed by atoms with Gasteiger partial charge in [-0.2, -0.15) is 0 Å². The number of nitrogens with one attached hydrogen (secondary N) is 2. The highest BCUT2D eigenvalue weighted by Gasteiger charge is 2.17. The topological polar surface area (TPSA) is 59.6 Å². The number of hydrogen-bond acceptors (Lipinski definition) is 4. The standard InChI is InChI=1S/C19H20Cl2N2O3/c20-13-3-1-4-15(9-13)23-19(24)11-22-17-10-14(21)6-7-18(17)26-12-16-5-2-8-25-16/h1,3-4,6-7,9-10,16,22H,2,5,8,11-12H2,(H,23,24).